The molecule has 0 aromatic heterocycles. The number of nitrogens with zero attached hydrogens (tertiary/aromatic N) is 2. The zero-order valence-corrected chi connectivity index (χ0v) is 23.9. The van der Waals surface area contributed by atoms with Gasteiger partial charge < -0.3 is 4.74 Å². The van der Waals surface area contributed by atoms with Gasteiger partial charge in [-0.25, -0.2) is 13.8 Å². The van der Waals surface area contributed by atoms with Gasteiger partial charge in [0.25, 0.3) is 15.9 Å². The van der Waals surface area contributed by atoms with Gasteiger partial charge in [0.1, 0.15) is 18.9 Å². The standard InChI is InChI=1S/C30H28BrN3O4S/c1-22-6-10-25(11-7-22)21-38-28-14-12-24(13-15-28)19-32-33-30(35)20-34(27-5-3-4-26(31)18-27)39(36,37)29-16-8-23(2)9-17-29/h3-19H,20-21H2,1-2H3,(H,33,35)/b32-19-. The second-order valence-corrected chi connectivity index (χ2v) is 11.7. The van der Waals surface area contributed by atoms with Crippen LogP contribution in [0, 0.1) is 13.8 Å². The zero-order valence-electron chi connectivity index (χ0n) is 21.5. The first kappa shape index (κ1) is 28.1. The molecule has 0 aliphatic carbocycles. The fourth-order valence-electron chi connectivity index (χ4n) is 3.63. The number of aryl methyl sites for hydroxylation is 2. The molecule has 0 bridgehead atoms. The van der Waals surface area contributed by atoms with Crippen LogP contribution in [-0.2, 0) is 21.4 Å². The molecule has 0 saturated carbocycles. The first-order chi connectivity index (χ1) is 18.7. The average molecular weight is 607 g/mol. The Morgan fingerprint density at radius 2 is 1.56 bits per heavy atom. The first-order valence-corrected chi connectivity index (χ1v) is 14.4. The summed E-state index contributed by atoms with van der Waals surface area (Å²) in [6, 6.07) is 28.7. The number of benzene rings is 4. The number of amides is 1. The van der Waals surface area contributed by atoms with E-state index in [-0.39, 0.29) is 4.90 Å². The van der Waals surface area contributed by atoms with Gasteiger partial charge in [0.15, 0.2) is 0 Å². The van der Waals surface area contributed by atoms with Crippen molar-refractivity contribution >= 4 is 43.8 Å². The summed E-state index contributed by atoms with van der Waals surface area (Å²) in [6.07, 6.45) is 1.49. The molecule has 4 aromatic rings. The maximum Gasteiger partial charge on any atom is 0.264 e. The molecular weight excluding hydrogens is 578 g/mol. The second-order valence-electron chi connectivity index (χ2n) is 8.94. The van der Waals surface area contributed by atoms with Crippen LogP contribution in [0.15, 0.2) is 112 Å². The van der Waals surface area contributed by atoms with Gasteiger partial charge in [-0.2, -0.15) is 5.10 Å². The summed E-state index contributed by atoms with van der Waals surface area (Å²) in [6.45, 7) is 3.93. The summed E-state index contributed by atoms with van der Waals surface area (Å²) in [7, 11) is -4.01. The molecule has 1 amide bonds. The Bertz CT molecular complexity index is 1550. The molecule has 1 N–H and O–H groups in total. The monoisotopic (exact) mass is 605 g/mol. The molecule has 0 radical (unpaired) electrons. The number of hydrazone groups is 1. The number of carbonyl (C=O) groups excluding carboxylic acids is 1. The van der Waals surface area contributed by atoms with Crippen LogP contribution in [0.1, 0.15) is 22.3 Å². The van der Waals surface area contributed by atoms with E-state index in [0.717, 1.165) is 21.0 Å². The Morgan fingerprint density at radius 3 is 2.21 bits per heavy atom. The zero-order chi connectivity index (χ0) is 27.8. The van der Waals surface area contributed by atoms with Crippen LogP contribution in [-0.4, -0.2) is 27.1 Å². The van der Waals surface area contributed by atoms with Crippen LogP contribution in [0.25, 0.3) is 0 Å². The number of anilines is 1. The van der Waals surface area contributed by atoms with Crippen LogP contribution in [0.2, 0.25) is 0 Å². The molecule has 200 valence electrons. The minimum atomic E-state index is -4.01. The van der Waals surface area contributed by atoms with Crippen LogP contribution in [0.3, 0.4) is 0 Å². The average Bonchev–Trinajstić information content (AvgIpc) is 2.92. The van der Waals surface area contributed by atoms with E-state index in [0.29, 0.717) is 22.5 Å². The number of nitrogens with one attached hydrogen (secondary N) is 1. The molecule has 4 aromatic carbocycles. The lowest BCUT2D eigenvalue weighted by atomic mass is 10.2. The highest BCUT2D eigenvalue weighted by Gasteiger charge is 2.27. The molecule has 9 heteroatoms. The SMILES string of the molecule is Cc1ccc(COc2ccc(/C=N\NC(=O)CN(c3cccc(Br)c3)S(=O)(=O)c3ccc(C)cc3)cc2)cc1. The van der Waals surface area contributed by atoms with Gasteiger partial charge in [0, 0.05) is 4.47 Å². The third kappa shape index (κ3) is 7.78. The van der Waals surface area contributed by atoms with Gasteiger partial charge in [-0.1, -0.05) is 69.5 Å². The van der Waals surface area contributed by atoms with Crippen LogP contribution < -0.4 is 14.5 Å². The highest BCUT2D eigenvalue weighted by Crippen LogP contribution is 2.26. The number of carbonyl (C=O) groups is 1. The highest BCUT2D eigenvalue weighted by atomic mass is 79.9. The molecule has 4 rings (SSSR count). The van der Waals surface area contributed by atoms with Crippen molar-refractivity contribution in [2.75, 3.05) is 10.8 Å². The fourth-order valence-corrected chi connectivity index (χ4v) is 5.43. The first-order valence-electron chi connectivity index (χ1n) is 12.2. The van der Waals surface area contributed by atoms with E-state index < -0.39 is 22.5 Å². The van der Waals surface area contributed by atoms with Crippen molar-refractivity contribution < 1.29 is 17.9 Å². The van der Waals surface area contributed by atoms with Crippen molar-refractivity contribution in [2.24, 2.45) is 5.10 Å². The van der Waals surface area contributed by atoms with Crippen molar-refractivity contribution in [3.63, 3.8) is 0 Å². The maximum absolute atomic E-state index is 13.5. The predicted molar refractivity (Wildman–Crippen MR) is 158 cm³/mol. The van der Waals surface area contributed by atoms with Crippen LogP contribution in [0.4, 0.5) is 5.69 Å². The summed E-state index contributed by atoms with van der Waals surface area (Å²) in [5, 5.41) is 4.01. The van der Waals surface area contributed by atoms with Crippen LogP contribution in [0.5, 0.6) is 5.75 Å². The largest absolute Gasteiger partial charge is 0.489 e. The van der Waals surface area contributed by atoms with Crippen molar-refractivity contribution in [1.82, 2.24) is 5.43 Å². The molecule has 0 atom stereocenters. The van der Waals surface area contributed by atoms with Crippen LogP contribution >= 0.6 is 15.9 Å². The Balaban J connectivity index is 1.40. The van der Waals surface area contributed by atoms with Gasteiger partial charge in [-0.05, 0) is 79.6 Å². The van der Waals surface area contributed by atoms with Crippen molar-refractivity contribution in [2.45, 2.75) is 25.3 Å². The molecule has 39 heavy (non-hydrogen) atoms. The van der Waals surface area contributed by atoms with Crippen molar-refractivity contribution in [1.29, 1.82) is 0 Å². The third-order valence-corrected chi connectivity index (χ3v) is 8.08. The summed E-state index contributed by atoms with van der Waals surface area (Å²) < 4.78 is 34.5. The van der Waals surface area contributed by atoms with E-state index in [1.54, 1.807) is 36.4 Å². The molecule has 7 nitrogen and oxygen atoms in total. The van der Waals surface area contributed by atoms with Crippen molar-refractivity contribution in [3.8, 4) is 5.75 Å². The smallest absolute Gasteiger partial charge is 0.264 e. The molecule has 0 aliphatic heterocycles. The third-order valence-electron chi connectivity index (χ3n) is 5.80. The van der Waals surface area contributed by atoms with Gasteiger partial charge in [-0.3, -0.25) is 9.10 Å². The maximum atomic E-state index is 13.5. The van der Waals surface area contributed by atoms with Gasteiger partial charge in [-0.15, -0.1) is 0 Å². The number of ether oxygens (including phenoxy) is 1. The topological polar surface area (TPSA) is 88.1 Å². The van der Waals surface area contributed by atoms with E-state index in [1.165, 1.54) is 23.9 Å². The minimum Gasteiger partial charge on any atom is -0.489 e. The Kier molecular flexibility index (Phi) is 9.16. The summed E-state index contributed by atoms with van der Waals surface area (Å²) in [5.41, 5.74) is 6.73. The molecule has 0 spiro atoms. The van der Waals surface area contributed by atoms with E-state index in [9.17, 15) is 13.2 Å². The molecule has 0 unspecified atom stereocenters. The number of halogens is 1. The predicted octanol–water partition coefficient (Wildman–Crippen LogP) is 5.99. The molecular formula is C30H28BrN3O4S. The van der Waals surface area contributed by atoms with E-state index >= 15 is 0 Å². The quantitative estimate of drug-likeness (QED) is 0.178. The molecule has 0 heterocycles. The summed E-state index contributed by atoms with van der Waals surface area (Å²) >= 11 is 3.37. The molecule has 0 saturated heterocycles. The van der Waals surface area contributed by atoms with Crippen molar-refractivity contribution in [3.05, 3.63) is 124 Å². The Labute approximate surface area is 237 Å². The molecule has 0 aliphatic rings. The van der Waals surface area contributed by atoms with Gasteiger partial charge >= 0.3 is 0 Å². The highest BCUT2D eigenvalue weighted by molar-refractivity contribution is 9.10. The lowest BCUT2D eigenvalue weighted by Gasteiger charge is -2.24. The van der Waals surface area contributed by atoms with Gasteiger partial charge in [0.2, 0.25) is 0 Å². The normalized spacial score (nSPS) is 11.4. The summed E-state index contributed by atoms with van der Waals surface area (Å²) in [5.74, 6) is 0.128. The minimum absolute atomic E-state index is 0.0917. The second kappa shape index (κ2) is 12.7. The lowest BCUT2D eigenvalue weighted by Crippen LogP contribution is -2.39. The fraction of sp³-hybridized carbons (Fsp3) is 0.133. The van der Waals surface area contributed by atoms with Gasteiger partial charge in [0.05, 0.1) is 16.8 Å². The van der Waals surface area contributed by atoms with E-state index in [1.807, 2.05) is 62.4 Å². The number of hydrogen-bond acceptors (Lipinski definition) is 5. The summed E-state index contributed by atoms with van der Waals surface area (Å²) in [4.78, 5) is 12.9. The molecule has 0 fully saturated rings. The Hall–Kier alpha value is -3.95. The Morgan fingerprint density at radius 1 is 0.923 bits per heavy atom. The number of sulfonamides is 1. The lowest BCUT2D eigenvalue weighted by molar-refractivity contribution is -0.119. The number of rotatable bonds is 10. The number of hydrogen-bond donors (Lipinski definition) is 1. The van der Waals surface area contributed by atoms with E-state index in [4.69, 9.17) is 4.74 Å². The van der Waals surface area contributed by atoms with E-state index in [2.05, 4.69) is 26.5 Å².